The van der Waals surface area contributed by atoms with Crippen LogP contribution in [0.5, 0.6) is 0 Å². The summed E-state index contributed by atoms with van der Waals surface area (Å²) in [6.07, 6.45) is 6.51. The SMILES string of the molecule is C/C=C/[C@H]1OCC=C(O[Si](C(C)C)(C(C)C)C(C)C)[C@@H]1C. The Labute approximate surface area is 132 Å². The molecule has 3 heteroatoms. The van der Waals surface area contributed by atoms with E-state index in [2.05, 4.69) is 66.7 Å². The minimum atomic E-state index is -1.86. The highest BCUT2D eigenvalue weighted by molar-refractivity contribution is 6.77. The van der Waals surface area contributed by atoms with Crippen LogP contribution in [0.1, 0.15) is 55.4 Å². The van der Waals surface area contributed by atoms with Crippen LogP contribution in [0.25, 0.3) is 0 Å². The molecule has 1 rings (SSSR count). The molecule has 1 aliphatic rings. The first kappa shape index (κ1) is 18.5. The fourth-order valence-electron chi connectivity index (χ4n) is 3.84. The van der Waals surface area contributed by atoms with Gasteiger partial charge in [-0.25, -0.2) is 0 Å². The van der Waals surface area contributed by atoms with E-state index in [0.717, 1.165) is 5.76 Å². The highest BCUT2D eigenvalue weighted by Crippen LogP contribution is 2.45. The van der Waals surface area contributed by atoms with Crippen molar-refractivity contribution in [2.75, 3.05) is 6.61 Å². The maximum atomic E-state index is 6.84. The largest absolute Gasteiger partial charge is 0.546 e. The van der Waals surface area contributed by atoms with Gasteiger partial charge in [0.2, 0.25) is 0 Å². The van der Waals surface area contributed by atoms with Gasteiger partial charge in [0, 0.05) is 5.92 Å². The molecule has 0 amide bonds. The monoisotopic (exact) mass is 310 g/mol. The van der Waals surface area contributed by atoms with Crippen LogP contribution in [-0.2, 0) is 9.16 Å². The molecule has 122 valence electrons. The van der Waals surface area contributed by atoms with Gasteiger partial charge >= 0.3 is 0 Å². The first-order valence-corrected chi connectivity index (χ1v) is 10.5. The second-order valence-electron chi connectivity index (χ2n) is 7.14. The van der Waals surface area contributed by atoms with Crippen molar-refractivity contribution in [2.45, 2.75) is 78.1 Å². The van der Waals surface area contributed by atoms with E-state index in [9.17, 15) is 0 Å². The lowest BCUT2D eigenvalue weighted by Gasteiger charge is -2.45. The summed E-state index contributed by atoms with van der Waals surface area (Å²) >= 11 is 0. The molecule has 0 aromatic carbocycles. The van der Waals surface area contributed by atoms with Crippen LogP contribution in [0.15, 0.2) is 24.0 Å². The smallest absolute Gasteiger partial charge is 0.258 e. The van der Waals surface area contributed by atoms with Crippen LogP contribution in [0.2, 0.25) is 16.6 Å². The molecular weight excluding hydrogens is 276 g/mol. The van der Waals surface area contributed by atoms with Gasteiger partial charge < -0.3 is 9.16 Å². The molecule has 0 aliphatic carbocycles. The molecule has 2 atom stereocenters. The number of hydrogen-bond donors (Lipinski definition) is 0. The first-order chi connectivity index (χ1) is 9.77. The number of allylic oxidation sites excluding steroid dienone is 1. The maximum Gasteiger partial charge on any atom is 0.258 e. The Morgan fingerprint density at radius 1 is 1.14 bits per heavy atom. The molecule has 2 nitrogen and oxygen atoms in total. The normalized spacial score (nSPS) is 24.2. The standard InChI is InChI=1S/C18H34O2Si/c1-9-10-17-16(8)18(11-12-19-17)20-21(13(2)3,14(4)5)15(6)7/h9-11,13-17H,12H2,1-8H3/b10-9+/t16-,17-/m1/s1. The van der Waals surface area contributed by atoms with E-state index < -0.39 is 8.32 Å². The van der Waals surface area contributed by atoms with Crippen LogP contribution < -0.4 is 0 Å². The van der Waals surface area contributed by atoms with Gasteiger partial charge in [-0.2, -0.15) is 0 Å². The summed E-state index contributed by atoms with van der Waals surface area (Å²) in [6, 6.07) is 0. The number of hydrogen-bond acceptors (Lipinski definition) is 2. The summed E-state index contributed by atoms with van der Waals surface area (Å²) in [4.78, 5) is 0. The molecule has 21 heavy (non-hydrogen) atoms. The minimum absolute atomic E-state index is 0.146. The summed E-state index contributed by atoms with van der Waals surface area (Å²) in [5.41, 5.74) is 1.82. The molecule has 0 saturated carbocycles. The van der Waals surface area contributed by atoms with Crippen molar-refractivity contribution in [1.29, 1.82) is 0 Å². The van der Waals surface area contributed by atoms with Crippen molar-refractivity contribution >= 4 is 8.32 Å². The molecule has 0 saturated heterocycles. The Morgan fingerprint density at radius 3 is 2.10 bits per heavy atom. The fourth-order valence-corrected chi connectivity index (χ4v) is 9.22. The second-order valence-corrected chi connectivity index (χ2v) is 12.5. The Morgan fingerprint density at radius 2 is 1.67 bits per heavy atom. The lowest BCUT2D eigenvalue weighted by molar-refractivity contribution is 0.0489. The maximum absolute atomic E-state index is 6.84. The van der Waals surface area contributed by atoms with E-state index in [1.165, 1.54) is 0 Å². The quantitative estimate of drug-likeness (QED) is 0.464. The van der Waals surface area contributed by atoms with Crippen molar-refractivity contribution in [2.24, 2.45) is 5.92 Å². The van der Waals surface area contributed by atoms with Crippen molar-refractivity contribution < 1.29 is 9.16 Å². The summed E-state index contributed by atoms with van der Waals surface area (Å²) < 4.78 is 12.7. The van der Waals surface area contributed by atoms with Crippen molar-refractivity contribution in [3.05, 3.63) is 24.0 Å². The molecule has 0 radical (unpaired) electrons. The molecule has 0 spiro atoms. The van der Waals surface area contributed by atoms with E-state index in [4.69, 9.17) is 9.16 Å². The molecule has 1 aliphatic heterocycles. The van der Waals surface area contributed by atoms with Crippen LogP contribution in [0.4, 0.5) is 0 Å². The average Bonchev–Trinajstić information content (AvgIpc) is 2.38. The van der Waals surface area contributed by atoms with E-state index in [0.29, 0.717) is 29.1 Å². The van der Waals surface area contributed by atoms with Crippen LogP contribution >= 0.6 is 0 Å². The molecule has 0 aromatic rings. The van der Waals surface area contributed by atoms with Crippen molar-refractivity contribution in [3.63, 3.8) is 0 Å². The molecule has 0 fully saturated rings. The van der Waals surface area contributed by atoms with E-state index in [-0.39, 0.29) is 6.10 Å². The van der Waals surface area contributed by atoms with Crippen molar-refractivity contribution in [3.8, 4) is 0 Å². The number of ether oxygens (including phenoxy) is 1. The molecule has 1 heterocycles. The molecule has 0 aromatic heterocycles. The molecule has 0 N–H and O–H groups in total. The van der Waals surface area contributed by atoms with Gasteiger partial charge in [0.15, 0.2) is 0 Å². The second kappa shape index (κ2) is 7.64. The third-order valence-corrected chi connectivity index (χ3v) is 10.9. The average molecular weight is 311 g/mol. The molecule has 0 bridgehead atoms. The van der Waals surface area contributed by atoms with E-state index in [1.807, 2.05) is 6.92 Å². The van der Waals surface area contributed by atoms with E-state index in [1.54, 1.807) is 0 Å². The summed E-state index contributed by atoms with van der Waals surface area (Å²) in [6.45, 7) is 18.9. The van der Waals surface area contributed by atoms with Gasteiger partial charge in [-0.3, -0.25) is 0 Å². The summed E-state index contributed by atoms with van der Waals surface area (Å²) in [5, 5.41) is 0. The van der Waals surface area contributed by atoms with Crippen LogP contribution in [-0.4, -0.2) is 21.0 Å². The Hall–Kier alpha value is -0.543. The van der Waals surface area contributed by atoms with Gasteiger partial charge in [-0.05, 0) is 29.6 Å². The van der Waals surface area contributed by atoms with Gasteiger partial charge in [0.1, 0.15) is 0 Å². The summed E-state index contributed by atoms with van der Waals surface area (Å²) in [7, 11) is -1.86. The van der Waals surface area contributed by atoms with Gasteiger partial charge in [-0.15, -0.1) is 0 Å². The zero-order chi connectivity index (χ0) is 16.2. The fraction of sp³-hybridized carbons (Fsp3) is 0.778. The summed E-state index contributed by atoms with van der Waals surface area (Å²) in [5.74, 6) is 1.46. The topological polar surface area (TPSA) is 18.5 Å². The van der Waals surface area contributed by atoms with Gasteiger partial charge in [-0.1, -0.05) is 60.6 Å². The molecule has 0 unspecified atom stereocenters. The Kier molecular flexibility index (Phi) is 6.73. The Balaban J connectivity index is 3.06. The van der Waals surface area contributed by atoms with Gasteiger partial charge in [0.05, 0.1) is 18.5 Å². The number of rotatable bonds is 6. The van der Waals surface area contributed by atoms with E-state index >= 15 is 0 Å². The Bertz CT molecular complexity index is 361. The zero-order valence-corrected chi connectivity index (χ0v) is 16.1. The molecular formula is C18H34O2Si. The minimum Gasteiger partial charge on any atom is -0.546 e. The van der Waals surface area contributed by atoms with Gasteiger partial charge in [0.25, 0.3) is 8.32 Å². The highest BCUT2D eigenvalue weighted by Gasteiger charge is 2.48. The zero-order valence-electron chi connectivity index (χ0n) is 15.1. The van der Waals surface area contributed by atoms with Crippen LogP contribution in [0.3, 0.4) is 0 Å². The lowest BCUT2D eigenvalue weighted by Crippen LogP contribution is -2.49. The predicted octanol–water partition coefficient (Wildman–Crippen LogP) is 5.67. The first-order valence-electron chi connectivity index (χ1n) is 8.40. The third-order valence-electron chi connectivity index (χ3n) is 4.90. The highest BCUT2D eigenvalue weighted by atomic mass is 28.4. The third kappa shape index (κ3) is 3.81. The lowest BCUT2D eigenvalue weighted by atomic mass is 10.00. The van der Waals surface area contributed by atoms with Crippen LogP contribution in [0, 0.1) is 5.92 Å². The van der Waals surface area contributed by atoms with Crippen molar-refractivity contribution in [1.82, 2.24) is 0 Å². The predicted molar refractivity (Wildman–Crippen MR) is 93.9 cm³/mol.